The lowest BCUT2D eigenvalue weighted by atomic mass is 9.95. The zero-order chi connectivity index (χ0) is 49.1. The molecule has 3 aliphatic heterocycles. The molecule has 0 saturated carbocycles. The molecule has 66 heavy (non-hydrogen) atoms. The normalized spacial score (nSPS) is 32.7. The number of esters is 1. The smallest absolute Gasteiger partial charge is 0.303 e. The topological polar surface area (TPSA) is 397 Å². The molecule has 16 atom stereocenters. The van der Waals surface area contributed by atoms with Crippen molar-refractivity contribution < 1.29 is 108 Å². The van der Waals surface area contributed by atoms with Crippen LogP contribution in [0.1, 0.15) is 72.1 Å². The number of carbonyl (C=O) groups excluding carboxylic acids is 6. The monoisotopic (exact) mass is 956 g/mol. The van der Waals surface area contributed by atoms with Crippen molar-refractivity contribution in [2.75, 3.05) is 46.1 Å². The fourth-order valence-corrected chi connectivity index (χ4v) is 7.31. The van der Waals surface area contributed by atoms with Crippen LogP contribution in [0.3, 0.4) is 0 Å². The van der Waals surface area contributed by atoms with Gasteiger partial charge in [-0.1, -0.05) is 0 Å². The first-order chi connectivity index (χ1) is 31.3. The Kier molecular flexibility index (Phi) is 24.7. The number of unbranched alkanes of at least 4 members (excludes halogenated alkanes) is 2. The Hall–Kier alpha value is -3.58. The molecule has 0 aromatic rings. The maximum absolute atomic E-state index is 12.4. The first kappa shape index (κ1) is 56.7. The van der Waals surface area contributed by atoms with Crippen molar-refractivity contribution in [2.45, 2.75) is 170 Å². The van der Waals surface area contributed by atoms with Gasteiger partial charge in [0, 0.05) is 39.8 Å². The lowest BCUT2D eigenvalue weighted by molar-refractivity contribution is -0.376. The highest BCUT2D eigenvalue weighted by atomic mass is 16.8. The summed E-state index contributed by atoms with van der Waals surface area (Å²) in [5.41, 5.74) is 0. The summed E-state index contributed by atoms with van der Waals surface area (Å²) in [5, 5.41) is 105. The molecular weight excluding hydrogens is 888 g/mol. The first-order valence-electron chi connectivity index (χ1n) is 21.9. The van der Waals surface area contributed by atoms with E-state index in [4.69, 9.17) is 28.4 Å². The van der Waals surface area contributed by atoms with Gasteiger partial charge in [-0.05, 0) is 45.4 Å². The lowest BCUT2D eigenvalue weighted by Crippen LogP contribution is -2.68. The summed E-state index contributed by atoms with van der Waals surface area (Å²) in [6, 6.07) is -2.07. The van der Waals surface area contributed by atoms with Crippen LogP contribution in [0, 0.1) is 0 Å². The van der Waals surface area contributed by atoms with E-state index in [9.17, 15) is 74.7 Å². The minimum absolute atomic E-state index is 0.0603. The van der Waals surface area contributed by atoms with Crippen molar-refractivity contribution in [2.24, 2.45) is 0 Å². The van der Waals surface area contributed by atoms with E-state index in [0.717, 1.165) is 13.8 Å². The number of aliphatic hydroxyl groups is 9. The molecule has 3 fully saturated rings. The number of carbonyl (C=O) groups is 6. The number of aliphatic hydroxyl groups excluding tert-OH is 9. The zero-order valence-electron chi connectivity index (χ0n) is 37.2. The molecule has 0 aromatic heterocycles. The van der Waals surface area contributed by atoms with Gasteiger partial charge in [0.15, 0.2) is 31.3 Å². The van der Waals surface area contributed by atoms with Crippen molar-refractivity contribution in [1.29, 1.82) is 0 Å². The van der Waals surface area contributed by atoms with E-state index in [2.05, 4.69) is 26.0 Å². The van der Waals surface area contributed by atoms with Crippen LogP contribution in [-0.2, 0) is 61.9 Å². The molecule has 0 aliphatic carbocycles. The third-order valence-electron chi connectivity index (χ3n) is 10.9. The first-order valence-corrected chi connectivity index (χ1v) is 21.9. The Morgan fingerprint density at radius 3 is 1.68 bits per heavy atom. The number of hydrogen-bond donors (Lipinski definition) is 13. The SMILES string of the molecule is CC(=O)NC1[C@H](OCCCNC(=O)CCCCC(=O)NCCCC[C@H](NC(=O)COC(C)=O)C(C)=O)OC(CO)[C@@H](O[C@@H]2OC(CO)[C@H](O)[C@H](O[C@H]3OC(CO)[C@H](O)C(O)[C@@H]3O)C2O)[C@@H]1O. The van der Waals surface area contributed by atoms with Crippen LogP contribution in [0.25, 0.3) is 0 Å². The van der Waals surface area contributed by atoms with Gasteiger partial charge in [-0.3, -0.25) is 28.8 Å². The Morgan fingerprint density at radius 1 is 0.576 bits per heavy atom. The minimum atomic E-state index is -1.97. The maximum atomic E-state index is 12.4. The van der Waals surface area contributed by atoms with E-state index in [-0.39, 0.29) is 50.0 Å². The fraction of sp³-hybridized carbons (Fsp3) is 0.850. The summed E-state index contributed by atoms with van der Waals surface area (Å²) < 4.78 is 38.6. The molecule has 0 aromatic carbocycles. The summed E-state index contributed by atoms with van der Waals surface area (Å²) in [6.45, 7) is 1.18. The van der Waals surface area contributed by atoms with Gasteiger partial charge < -0.3 is 100 Å². The van der Waals surface area contributed by atoms with E-state index >= 15 is 0 Å². The molecular formula is C40H68N4O22. The predicted molar refractivity (Wildman–Crippen MR) is 219 cm³/mol. The van der Waals surface area contributed by atoms with Crippen molar-refractivity contribution >= 4 is 35.4 Å². The summed E-state index contributed by atoms with van der Waals surface area (Å²) in [4.78, 5) is 71.4. The maximum Gasteiger partial charge on any atom is 0.303 e. The Bertz CT molecular complexity index is 1550. The van der Waals surface area contributed by atoms with E-state index in [1.807, 2.05) is 0 Å². The van der Waals surface area contributed by atoms with Crippen molar-refractivity contribution in [3.8, 4) is 0 Å². The average molecular weight is 957 g/mol. The zero-order valence-corrected chi connectivity index (χ0v) is 37.2. The predicted octanol–water partition coefficient (Wildman–Crippen LogP) is -6.41. The molecule has 0 radical (unpaired) electrons. The molecule has 13 N–H and O–H groups in total. The second kappa shape index (κ2) is 28.7. The molecule has 380 valence electrons. The highest BCUT2D eigenvalue weighted by Gasteiger charge is 2.54. The number of rotatable bonds is 27. The quantitative estimate of drug-likeness (QED) is 0.0269. The molecule has 26 nitrogen and oxygen atoms in total. The van der Waals surface area contributed by atoms with E-state index in [0.29, 0.717) is 38.6 Å². The molecule has 3 aliphatic rings. The summed E-state index contributed by atoms with van der Waals surface area (Å²) in [6.07, 6.45) is -20.8. The van der Waals surface area contributed by atoms with Gasteiger partial charge in [0.1, 0.15) is 73.2 Å². The highest BCUT2D eigenvalue weighted by Crippen LogP contribution is 2.33. The van der Waals surface area contributed by atoms with Gasteiger partial charge in [0.2, 0.25) is 17.7 Å². The molecule has 0 bridgehead atoms. The third-order valence-corrected chi connectivity index (χ3v) is 10.9. The molecule has 3 saturated heterocycles. The minimum Gasteiger partial charge on any atom is -0.456 e. The molecule has 6 unspecified atom stereocenters. The summed E-state index contributed by atoms with van der Waals surface area (Å²) >= 11 is 0. The van der Waals surface area contributed by atoms with Crippen LogP contribution in [0.2, 0.25) is 0 Å². The van der Waals surface area contributed by atoms with Crippen LogP contribution in [-0.4, -0.2) is 226 Å². The summed E-state index contributed by atoms with van der Waals surface area (Å²) in [7, 11) is 0. The van der Waals surface area contributed by atoms with Gasteiger partial charge in [-0.15, -0.1) is 0 Å². The largest absolute Gasteiger partial charge is 0.456 e. The van der Waals surface area contributed by atoms with Crippen molar-refractivity contribution in [3.05, 3.63) is 0 Å². The molecule has 3 heterocycles. The van der Waals surface area contributed by atoms with Crippen LogP contribution < -0.4 is 21.3 Å². The molecule has 3 rings (SSSR count). The van der Waals surface area contributed by atoms with E-state index < -0.39 is 142 Å². The lowest BCUT2D eigenvalue weighted by Gasteiger charge is -2.48. The Morgan fingerprint density at radius 2 is 1.12 bits per heavy atom. The van der Waals surface area contributed by atoms with Gasteiger partial charge in [-0.25, -0.2) is 0 Å². The van der Waals surface area contributed by atoms with Crippen LogP contribution in [0.4, 0.5) is 0 Å². The number of ether oxygens (including phenoxy) is 7. The van der Waals surface area contributed by atoms with Crippen molar-refractivity contribution in [1.82, 2.24) is 21.3 Å². The molecule has 26 heteroatoms. The Labute approximate surface area is 380 Å². The number of nitrogens with one attached hydrogen (secondary N) is 4. The van der Waals surface area contributed by atoms with Gasteiger partial charge in [0.05, 0.1) is 32.5 Å². The van der Waals surface area contributed by atoms with Crippen LogP contribution in [0.15, 0.2) is 0 Å². The molecule has 4 amide bonds. The standard InChI is InChI=1S/C40H68N4O22/c1-19(48)22(44-28(53)18-61-21(3)50)9-6-7-12-41-26(51)10-4-5-11-27(52)42-13-8-14-60-38-29(43-20(2)49)32(56)36(25(17-47)64-38)65-40-35(59)37(31(55)24(16-46)63-40)66-39-34(58)33(57)30(54)23(15-45)62-39/h22-25,29-40,45-47,54-59H,4-18H2,1-3H3,(H,41,51)(H,42,52)(H,43,49)(H,44,53)/t22-,23?,24?,25?,29?,30-,31-,32+,33?,34-,35?,36+,37-,38+,39+,40-/m0/s1. The van der Waals surface area contributed by atoms with Gasteiger partial charge >= 0.3 is 5.97 Å². The number of hydrogen-bond acceptors (Lipinski definition) is 22. The van der Waals surface area contributed by atoms with Crippen molar-refractivity contribution in [3.63, 3.8) is 0 Å². The fourth-order valence-electron chi connectivity index (χ4n) is 7.31. The van der Waals surface area contributed by atoms with E-state index in [1.165, 1.54) is 6.92 Å². The highest BCUT2D eigenvalue weighted by molar-refractivity contribution is 5.88. The van der Waals surface area contributed by atoms with Crippen LogP contribution in [0.5, 0.6) is 0 Å². The van der Waals surface area contributed by atoms with Gasteiger partial charge in [-0.2, -0.15) is 0 Å². The summed E-state index contributed by atoms with van der Waals surface area (Å²) in [5.74, 6) is -2.55. The van der Waals surface area contributed by atoms with Gasteiger partial charge in [0.25, 0.3) is 5.91 Å². The number of ketones is 1. The second-order valence-electron chi connectivity index (χ2n) is 16.2. The Balaban J connectivity index is 1.42. The third kappa shape index (κ3) is 17.5. The second-order valence-corrected chi connectivity index (χ2v) is 16.2. The number of amides is 4. The average Bonchev–Trinajstić information content (AvgIpc) is 3.27. The van der Waals surface area contributed by atoms with E-state index in [1.54, 1.807) is 0 Å². The number of Topliss-reactive ketones (excluding diaryl/α,β-unsaturated/α-hetero) is 1. The van der Waals surface area contributed by atoms with Crippen LogP contribution >= 0.6 is 0 Å². The molecule has 0 spiro atoms.